The lowest BCUT2D eigenvalue weighted by atomic mass is 10.0. The Morgan fingerprint density at radius 3 is 2.33 bits per heavy atom. The third kappa shape index (κ3) is 4.59. The molecule has 2 amide bonds. The largest absolute Gasteiger partial charge is 0.394 e. The summed E-state index contributed by atoms with van der Waals surface area (Å²) in [6, 6.07) is 4.24. The van der Waals surface area contributed by atoms with E-state index < -0.39 is 23.1 Å². The molecule has 0 spiro atoms. The molecule has 1 aromatic heterocycles. The van der Waals surface area contributed by atoms with Crippen LogP contribution in [0.5, 0.6) is 0 Å². The van der Waals surface area contributed by atoms with Crippen molar-refractivity contribution in [1.82, 2.24) is 9.88 Å². The average Bonchev–Trinajstić information content (AvgIpc) is 2.93. The van der Waals surface area contributed by atoms with Gasteiger partial charge in [0.15, 0.2) is 0 Å². The topological polar surface area (TPSA) is 100 Å². The summed E-state index contributed by atoms with van der Waals surface area (Å²) in [4.78, 5) is 38.3. The number of aliphatic hydroxyl groups is 1. The van der Waals surface area contributed by atoms with Crippen LogP contribution in [-0.4, -0.2) is 39.4 Å². The second kappa shape index (κ2) is 8.79. The number of nitrogens with one attached hydrogen (secondary N) is 2. The van der Waals surface area contributed by atoms with Gasteiger partial charge in [-0.05, 0) is 70.9 Å². The molecule has 162 valence electrons. The van der Waals surface area contributed by atoms with Crippen LogP contribution in [0.3, 0.4) is 0 Å². The molecule has 0 radical (unpaired) electrons. The van der Waals surface area contributed by atoms with Crippen LogP contribution in [0.2, 0.25) is 0 Å². The molecule has 1 heterocycles. The third-order valence-electron chi connectivity index (χ3n) is 4.99. The van der Waals surface area contributed by atoms with Gasteiger partial charge in [-0.15, -0.1) is 0 Å². The Bertz CT molecular complexity index is 1010. The number of aliphatic hydroxyl groups excluding tert-OH is 1. The summed E-state index contributed by atoms with van der Waals surface area (Å²) >= 11 is 0. The number of hydrogen-bond donors (Lipinski definition) is 3. The molecule has 3 N–H and O–H groups in total. The molecule has 2 rings (SSSR count). The van der Waals surface area contributed by atoms with Crippen molar-refractivity contribution < 1.29 is 23.9 Å². The standard InChI is InChI=1S/C22H28FN3O4/c1-7-26-14(4)17(20(29)24-15-8-9-16(23)12(2)10-15)13(3)18(26)19(28)21(30)25-22(5,6)11-27/h8-10,27H,7,11H2,1-6H3,(H,24,29)(H,25,30). The smallest absolute Gasteiger partial charge is 0.294 e. The Morgan fingerprint density at radius 2 is 1.80 bits per heavy atom. The Balaban J connectivity index is 2.42. The predicted molar refractivity (Wildman–Crippen MR) is 112 cm³/mol. The number of amides is 2. The van der Waals surface area contributed by atoms with Gasteiger partial charge in [0.2, 0.25) is 0 Å². The molecule has 0 aliphatic carbocycles. The highest BCUT2D eigenvalue weighted by Crippen LogP contribution is 2.25. The number of Topliss-reactive ketones (excluding diaryl/α,β-unsaturated/α-hetero) is 1. The van der Waals surface area contributed by atoms with Crippen LogP contribution in [0.25, 0.3) is 0 Å². The van der Waals surface area contributed by atoms with Crippen molar-refractivity contribution in [1.29, 1.82) is 0 Å². The summed E-state index contributed by atoms with van der Waals surface area (Å²) in [6.45, 7) is 9.96. The zero-order chi connectivity index (χ0) is 22.8. The van der Waals surface area contributed by atoms with Crippen molar-refractivity contribution in [3.05, 3.63) is 52.1 Å². The second-order valence-corrected chi connectivity index (χ2v) is 7.92. The van der Waals surface area contributed by atoms with Gasteiger partial charge in [-0.25, -0.2) is 4.39 Å². The van der Waals surface area contributed by atoms with E-state index in [1.165, 1.54) is 18.2 Å². The normalized spacial score (nSPS) is 11.3. The van der Waals surface area contributed by atoms with Crippen LogP contribution in [-0.2, 0) is 11.3 Å². The minimum Gasteiger partial charge on any atom is -0.394 e. The fraction of sp³-hybridized carbons (Fsp3) is 0.409. The van der Waals surface area contributed by atoms with Gasteiger partial charge in [0.25, 0.3) is 17.6 Å². The van der Waals surface area contributed by atoms with Crippen LogP contribution in [0.4, 0.5) is 10.1 Å². The SMILES string of the molecule is CCn1c(C)c(C(=O)Nc2ccc(F)c(C)c2)c(C)c1C(=O)C(=O)NC(C)(C)CO. The first-order valence-corrected chi connectivity index (χ1v) is 9.68. The first-order valence-electron chi connectivity index (χ1n) is 9.68. The van der Waals surface area contributed by atoms with Crippen LogP contribution in [0.1, 0.15) is 58.4 Å². The molecule has 30 heavy (non-hydrogen) atoms. The molecule has 0 aliphatic rings. The average molecular weight is 417 g/mol. The van der Waals surface area contributed by atoms with Gasteiger partial charge >= 0.3 is 0 Å². The maximum Gasteiger partial charge on any atom is 0.294 e. The van der Waals surface area contributed by atoms with E-state index >= 15 is 0 Å². The molecular weight excluding hydrogens is 389 g/mol. The van der Waals surface area contributed by atoms with Gasteiger partial charge in [0.05, 0.1) is 23.4 Å². The summed E-state index contributed by atoms with van der Waals surface area (Å²) < 4.78 is 15.1. The number of anilines is 1. The first kappa shape index (κ1) is 23.3. The number of aryl methyl sites for hydroxylation is 1. The van der Waals surface area contributed by atoms with E-state index in [-0.39, 0.29) is 23.7 Å². The van der Waals surface area contributed by atoms with E-state index in [1.807, 2.05) is 6.92 Å². The Morgan fingerprint density at radius 1 is 1.17 bits per heavy atom. The number of hydrogen-bond acceptors (Lipinski definition) is 4. The molecule has 8 heteroatoms. The van der Waals surface area contributed by atoms with Crippen LogP contribution in [0, 0.1) is 26.6 Å². The molecule has 0 saturated heterocycles. The van der Waals surface area contributed by atoms with Crippen molar-refractivity contribution >= 4 is 23.3 Å². The third-order valence-corrected chi connectivity index (χ3v) is 4.99. The molecule has 0 saturated carbocycles. The number of aromatic nitrogens is 1. The quantitative estimate of drug-likeness (QED) is 0.476. The molecule has 0 fully saturated rings. The van der Waals surface area contributed by atoms with E-state index in [4.69, 9.17) is 0 Å². The molecular formula is C22H28FN3O4. The molecule has 7 nitrogen and oxygen atoms in total. The summed E-state index contributed by atoms with van der Waals surface area (Å²) in [5, 5.41) is 14.6. The number of halogens is 1. The van der Waals surface area contributed by atoms with Gasteiger partial charge in [0, 0.05) is 17.9 Å². The fourth-order valence-electron chi connectivity index (χ4n) is 3.34. The molecule has 0 atom stereocenters. The van der Waals surface area contributed by atoms with Crippen molar-refractivity contribution in [2.45, 2.75) is 53.6 Å². The van der Waals surface area contributed by atoms with Crippen molar-refractivity contribution in [2.24, 2.45) is 0 Å². The number of ketones is 1. The maximum absolute atomic E-state index is 13.5. The minimum absolute atomic E-state index is 0.127. The van der Waals surface area contributed by atoms with Gasteiger partial charge in [-0.1, -0.05) is 0 Å². The first-order chi connectivity index (χ1) is 13.9. The minimum atomic E-state index is -0.958. The number of nitrogens with zero attached hydrogens (tertiary/aromatic N) is 1. The van der Waals surface area contributed by atoms with Gasteiger partial charge in [-0.3, -0.25) is 14.4 Å². The van der Waals surface area contributed by atoms with E-state index in [9.17, 15) is 23.9 Å². The molecule has 0 aliphatic heterocycles. The summed E-state index contributed by atoms with van der Waals surface area (Å²) in [5.41, 5.74) is 1.21. The van der Waals surface area contributed by atoms with Crippen LogP contribution in [0.15, 0.2) is 18.2 Å². The monoisotopic (exact) mass is 417 g/mol. The Labute approximate surface area is 175 Å². The highest BCUT2D eigenvalue weighted by molar-refractivity contribution is 6.43. The summed E-state index contributed by atoms with van der Waals surface area (Å²) in [6.07, 6.45) is 0. The number of rotatable bonds is 7. The number of carbonyl (C=O) groups is 3. The highest BCUT2D eigenvalue weighted by atomic mass is 19.1. The zero-order valence-corrected chi connectivity index (χ0v) is 18.1. The van der Waals surface area contributed by atoms with Crippen LogP contribution < -0.4 is 10.6 Å². The molecule has 1 aromatic carbocycles. The lowest BCUT2D eigenvalue weighted by Gasteiger charge is -2.23. The second-order valence-electron chi connectivity index (χ2n) is 7.92. The Hall–Kier alpha value is -3.00. The molecule has 0 bridgehead atoms. The lowest BCUT2D eigenvalue weighted by Crippen LogP contribution is -2.49. The Kier molecular flexibility index (Phi) is 6.82. The lowest BCUT2D eigenvalue weighted by molar-refractivity contribution is -0.119. The van der Waals surface area contributed by atoms with Crippen molar-refractivity contribution in [3.8, 4) is 0 Å². The van der Waals surface area contributed by atoms with E-state index in [2.05, 4.69) is 10.6 Å². The van der Waals surface area contributed by atoms with Crippen LogP contribution >= 0.6 is 0 Å². The maximum atomic E-state index is 13.5. The summed E-state index contributed by atoms with van der Waals surface area (Å²) in [5.74, 6) is -2.46. The van der Waals surface area contributed by atoms with Gasteiger partial charge in [0.1, 0.15) is 5.82 Å². The van der Waals surface area contributed by atoms with E-state index in [1.54, 1.807) is 39.2 Å². The van der Waals surface area contributed by atoms with Gasteiger partial charge in [-0.2, -0.15) is 0 Å². The van der Waals surface area contributed by atoms with E-state index in [0.29, 0.717) is 29.1 Å². The van der Waals surface area contributed by atoms with Gasteiger partial charge < -0.3 is 20.3 Å². The molecule has 2 aromatic rings. The molecule has 0 unspecified atom stereocenters. The van der Waals surface area contributed by atoms with E-state index in [0.717, 1.165) is 0 Å². The van der Waals surface area contributed by atoms with Crippen molar-refractivity contribution in [3.63, 3.8) is 0 Å². The van der Waals surface area contributed by atoms with Crippen molar-refractivity contribution in [2.75, 3.05) is 11.9 Å². The number of benzene rings is 1. The summed E-state index contributed by atoms with van der Waals surface area (Å²) in [7, 11) is 0. The fourth-order valence-corrected chi connectivity index (χ4v) is 3.34. The number of carbonyl (C=O) groups excluding carboxylic acids is 3. The highest BCUT2D eigenvalue weighted by Gasteiger charge is 2.31. The zero-order valence-electron chi connectivity index (χ0n) is 18.1. The predicted octanol–water partition coefficient (Wildman–Crippen LogP) is 2.89.